The second-order valence-electron chi connectivity index (χ2n) is 3.97. The van der Waals surface area contributed by atoms with E-state index in [-0.39, 0.29) is 24.4 Å². The van der Waals surface area contributed by atoms with Crippen LogP contribution in [0.3, 0.4) is 0 Å². The largest absolute Gasteiger partial charge is 0.550 e. The summed E-state index contributed by atoms with van der Waals surface area (Å²) >= 11 is 0. The molecule has 0 amide bonds. The van der Waals surface area contributed by atoms with Crippen LogP contribution in [0.25, 0.3) is 0 Å². The van der Waals surface area contributed by atoms with Crippen LogP contribution in [0.1, 0.15) is 25.7 Å². The predicted molar refractivity (Wildman–Crippen MR) is 54.3 cm³/mol. The average Bonchev–Trinajstić information content (AvgIpc) is 2.26. The second-order valence-corrected chi connectivity index (χ2v) is 3.97. The number of carbonyl (C=O) groups is 4. The van der Waals surface area contributed by atoms with Gasteiger partial charge in [0.25, 0.3) is 0 Å². The van der Waals surface area contributed by atoms with Gasteiger partial charge in [0.2, 0.25) is 0 Å². The molecule has 0 bridgehead atoms. The molecule has 1 rings (SSSR count). The van der Waals surface area contributed by atoms with Gasteiger partial charge in [-0.2, -0.15) is 0 Å². The third-order valence-corrected chi connectivity index (χ3v) is 2.59. The van der Waals surface area contributed by atoms with Crippen molar-refractivity contribution < 1.29 is 29.4 Å². The summed E-state index contributed by atoms with van der Waals surface area (Å²) in [5.74, 6) is -5.02. The van der Waals surface area contributed by atoms with Crippen molar-refractivity contribution >= 4 is 29.7 Å². The third kappa shape index (κ3) is 3.76. The molecule has 7 heteroatoms. The first kappa shape index (κ1) is 14.0. The number of aliphatic carboxylic acids is 2. The van der Waals surface area contributed by atoms with Crippen molar-refractivity contribution in [3.63, 3.8) is 0 Å². The molecule has 0 spiro atoms. The van der Waals surface area contributed by atoms with Crippen LogP contribution in [0, 0.1) is 5.92 Å². The van der Waals surface area contributed by atoms with Crippen LogP contribution >= 0.6 is 0 Å². The molecule has 1 atom stereocenters. The third-order valence-electron chi connectivity index (χ3n) is 2.59. The van der Waals surface area contributed by atoms with E-state index in [9.17, 15) is 29.4 Å². The van der Waals surface area contributed by atoms with Crippen molar-refractivity contribution in [1.82, 2.24) is 0 Å². The zero-order valence-electron chi connectivity index (χ0n) is 9.46. The van der Waals surface area contributed by atoms with Crippen LogP contribution in [0.4, 0.5) is 0 Å². The fourth-order valence-electron chi connectivity index (χ4n) is 1.64. The highest BCUT2D eigenvalue weighted by molar-refractivity contribution is 6.16. The summed E-state index contributed by atoms with van der Waals surface area (Å²) in [6.07, 6.45) is 1.00. The van der Waals surface area contributed by atoms with Crippen molar-refractivity contribution in [2.24, 2.45) is 10.9 Å². The number of aliphatic imine (C=N–C) groups is 1. The van der Waals surface area contributed by atoms with E-state index < -0.39 is 30.3 Å². The minimum absolute atomic E-state index is 0.235. The lowest BCUT2D eigenvalue weighted by molar-refractivity contribution is -0.316. The summed E-state index contributed by atoms with van der Waals surface area (Å²) in [5, 5.41) is 20.9. The summed E-state index contributed by atoms with van der Waals surface area (Å²) < 4.78 is 0. The number of ketones is 2. The molecule has 0 saturated heterocycles. The summed E-state index contributed by atoms with van der Waals surface area (Å²) in [6, 6.07) is -1.64. The lowest BCUT2D eigenvalue weighted by atomic mass is 9.87. The molecule has 0 N–H and O–H groups in total. The number of hydrogen-bond acceptors (Lipinski definition) is 7. The van der Waals surface area contributed by atoms with Crippen LogP contribution in [-0.2, 0) is 19.2 Å². The van der Waals surface area contributed by atoms with Gasteiger partial charge in [-0.1, -0.05) is 0 Å². The summed E-state index contributed by atoms with van der Waals surface area (Å²) in [6.45, 7) is 0. The standard InChI is InChI=1S/C11H13NO6/c13-8-2-1-3-9(14)6(8)5-12-7(11(17)18)4-10(15)16/h5-7H,1-4H2,(H,15,16)(H,17,18)/p-2/t7-/m1/s1. The lowest BCUT2D eigenvalue weighted by Gasteiger charge is -2.18. The normalized spacial score (nSPS) is 19.1. The highest BCUT2D eigenvalue weighted by atomic mass is 16.4. The van der Waals surface area contributed by atoms with E-state index in [1.165, 1.54) is 0 Å². The fraction of sp³-hybridized carbons (Fsp3) is 0.545. The number of hydrogen-bond donors (Lipinski definition) is 0. The molecule has 1 aliphatic carbocycles. The van der Waals surface area contributed by atoms with Gasteiger partial charge >= 0.3 is 0 Å². The van der Waals surface area contributed by atoms with Crippen LogP contribution in [0.15, 0.2) is 4.99 Å². The Labute approximate surface area is 103 Å². The number of carboxylic acid groups (broad SMARTS) is 2. The number of carboxylic acids is 2. The molecular formula is C11H11NO6-2. The molecule has 1 aliphatic rings. The Balaban J connectivity index is 2.75. The second kappa shape index (κ2) is 6.04. The fourth-order valence-corrected chi connectivity index (χ4v) is 1.64. The molecule has 1 saturated carbocycles. The van der Waals surface area contributed by atoms with Gasteiger partial charge in [-0.15, -0.1) is 0 Å². The van der Waals surface area contributed by atoms with Gasteiger partial charge in [-0.3, -0.25) is 14.6 Å². The van der Waals surface area contributed by atoms with Gasteiger partial charge in [-0.25, -0.2) is 0 Å². The predicted octanol–water partition coefficient (Wildman–Crippen LogP) is -2.75. The van der Waals surface area contributed by atoms with E-state index >= 15 is 0 Å². The Hall–Kier alpha value is -2.05. The summed E-state index contributed by atoms with van der Waals surface area (Å²) in [7, 11) is 0. The molecule has 0 aliphatic heterocycles. The van der Waals surface area contributed by atoms with Crippen LogP contribution in [0.5, 0.6) is 0 Å². The molecule has 18 heavy (non-hydrogen) atoms. The van der Waals surface area contributed by atoms with E-state index in [0.29, 0.717) is 6.42 Å². The molecule has 0 aromatic rings. The molecule has 0 radical (unpaired) electrons. The zero-order valence-corrected chi connectivity index (χ0v) is 9.46. The van der Waals surface area contributed by atoms with Crippen LogP contribution < -0.4 is 10.2 Å². The monoisotopic (exact) mass is 253 g/mol. The number of Topliss-reactive ketones (excluding diaryl/α,β-unsaturated/α-hetero) is 2. The van der Waals surface area contributed by atoms with Crippen molar-refractivity contribution in [1.29, 1.82) is 0 Å². The van der Waals surface area contributed by atoms with Gasteiger partial charge in [0.1, 0.15) is 17.5 Å². The highest BCUT2D eigenvalue weighted by Gasteiger charge is 2.28. The molecule has 0 aromatic heterocycles. The van der Waals surface area contributed by atoms with Crippen LogP contribution in [-0.4, -0.2) is 35.8 Å². The SMILES string of the molecule is O=C([O-])C[C@@H](N=CC1C(=O)CCCC1=O)C(=O)[O-]. The molecule has 0 heterocycles. The topological polar surface area (TPSA) is 127 Å². The minimum Gasteiger partial charge on any atom is -0.550 e. The maximum absolute atomic E-state index is 11.4. The van der Waals surface area contributed by atoms with Crippen LogP contribution in [0.2, 0.25) is 0 Å². The molecule has 7 nitrogen and oxygen atoms in total. The Morgan fingerprint density at radius 3 is 2.28 bits per heavy atom. The Morgan fingerprint density at radius 2 is 1.83 bits per heavy atom. The maximum atomic E-state index is 11.4. The van der Waals surface area contributed by atoms with Crippen molar-refractivity contribution in [2.45, 2.75) is 31.7 Å². The van der Waals surface area contributed by atoms with Crippen molar-refractivity contribution in [3.8, 4) is 0 Å². The van der Waals surface area contributed by atoms with E-state index in [1.807, 2.05) is 0 Å². The Bertz CT molecular complexity index is 398. The summed E-state index contributed by atoms with van der Waals surface area (Å²) in [5.41, 5.74) is 0. The number of rotatable bonds is 5. The van der Waals surface area contributed by atoms with Crippen molar-refractivity contribution in [3.05, 3.63) is 0 Å². The van der Waals surface area contributed by atoms with Gasteiger partial charge in [-0.05, 0) is 6.42 Å². The minimum atomic E-state index is -1.69. The molecule has 0 unspecified atom stereocenters. The molecular weight excluding hydrogens is 242 g/mol. The van der Waals surface area contributed by atoms with E-state index in [0.717, 1.165) is 6.21 Å². The van der Waals surface area contributed by atoms with Gasteiger partial charge in [0.05, 0.1) is 12.0 Å². The summed E-state index contributed by atoms with van der Waals surface area (Å²) in [4.78, 5) is 47.1. The van der Waals surface area contributed by atoms with E-state index in [1.54, 1.807) is 0 Å². The lowest BCUT2D eigenvalue weighted by Crippen LogP contribution is -2.39. The van der Waals surface area contributed by atoms with E-state index in [2.05, 4.69) is 4.99 Å². The Kier molecular flexibility index (Phi) is 4.70. The first-order chi connectivity index (χ1) is 8.41. The molecule has 0 aromatic carbocycles. The van der Waals surface area contributed by atoms with E-state index in [4.69, 9.17) is 0 Å². The highest BCUT2D eigenvalue weighted by Crippen LogP contribution is 2.16. The molecule has 1 fully saturated rings. The van der Waals surface area contributed by atoms with Gasteiger partial charge in [0.15, 0.2) is 0 Å². The smallest absolute Gasteiger partial charge is 0.148 e. The first-order valence-electron chi connectivity index (χ1n) is 5.41. The Morgan fingerprint density at radius 1 is 1.28 bits per heavy atom. The zero-order chi connectivity index (χ0) is 13.7. The molecule has 98 valence electrons. The van der Waals surface area contributed by atoms with Crippen molar-refractivity contribution in [2.75, 3.05) is 0 Å². The quantitative estimate of drug-likeness (QED) is 0.386. The van der Waals surface area contributed by atoms with Gasteiger partial charge in [0, 0.05) is 31.4 Å². The first-order valence-corrected chi connectivity index (χ1v) is 5.41. The number of carbonyl (C=O) groups excluding carboxylic acids is 4. The average molecular weight is 253 g/mol. The van der Waals surface area contributed by atoms with Gasteiger partial charge < -0.3 is 19.8 Å². The maximum Gasteiger partial charge on any atom is 0.148 e. The number of nitrogens with zero attached hydrogens (tertiary/aromatic N) is 1.